The minimum atomic E-state index is -3.86. The van der Waals surface area contributed by atoms with Crippen molar-refractivity contribution in [1.29, 1.82) is 0 Å². The molecule has 0 spiro atoms. The Morgan fingerprint density at radius 2 is 1.62 bits per heavy atom. The number of benzene rings is 3. The van der Waals surface area contributed by atoms with Gasteiger partial charge in [-0.3, -0.25) is 14.8 Å². The number of hydrogen-bond donors (Lipinski definition) is 2. The predicted molar refractivity (Wildman–Crippen MR) is 124 cm³/mol. The fraction of sp³-hybridized carbons (Fsp3) is 0.0870. The number of anilines is 2. The summed E-state index contributed by atoms with van der Waals surface area (Å²) in [6, 6.07) is 18.9. The van der Waals surface area contributed by atoms with Crippen LogP contribution in [0.1, 0.15) is 10.4 Å². The molecule has 1 aromatic heterocycles. The zero-order valence-corrected chi connectivity index (χ0v) is 19.0. The van der Waals surface area contributed by atoms with E-state index in [4.69, 9.17) is 13.9 Å². The molecule has 34 heavy (non-hydrogen) atoms. The third-order valence-corrected chi connectivity index (χ3v) is 6.11. The number of carbonyl (C=O) groups excluding carboxylic acids is 1. The molecule has 0 saturated carbocycles. The first-order valence-electron chi connectivity index (χ1n) is 9.94. The fourth-order valence-corrected chi connectivity index (χ4v) is 4.06. The van der Waals surface area contributed by atoms with Gasteiger partial charge < -0.3 is 13.9 Å². The molecular formula is C23H20N4O6S. The van der Waals surface area contributed by atoms with Gasteiger partial charge in [0, 0.05) is 16.8 Å². The Morgan fingerprint density at radius 3 is 2.35 bits per heavy atom. The number of methoxy groups -OCH3 is 2. The molecule has 0 radical (unpaired) electrons. The van der Waals surface area contributed by atoms with E-state index in [2.05, 4.69) is 20.2 Å². The van der Waals surface area contributed by atoms with E-state index in [-0.39, 0.29) is 28.1 Å². The van der Waals surface area contributed by atoms with Gasteiger partial charge in [-0.05, 0) is 60.7 Å². The first-order chi connectivity index (χ1) is 16.4. The summed E-state index contributed by atoms with van der Waals surface area (Å²) in [6.45, 7) is 0. The molecule has 0 atom stereocenters. The Kier molecular flexibility index (Phi) is 6.46. The van der Waals surface area contributed by atoms with Gasteiger partial charge in [0.15, 0.2) is 0 Å². The second-order valence-corrected chi connectivity index (χ2v) is 8.64. The van der Waals surface area contributed by atoms with Gasteiger partial charge in [-0.1, -0.05) is 17.2 Å². The van der Waals surface area contributed by atoms with Gasteiger partial charge in [-0.25, -0.2) is 8.42 Å². The van der Waals surface area contributed by atoms with Gasteiger partial charge in [0.05, 0.1) is 19.1 Å². The van der Waals surface area contributed by atoms with Crippen LogP contribution in [0.4, 0.5) is 11.7 Å². The van der Waals surface area contributed by atoms with Crippen LogP contribution in [-0.4, -0.2) is 38.7 Å². The molecule has 3 aromatic carbocycles. The van der Waals surface area contributed by atoms with E-state index in [9.17, 15) is 13.2 Å². The lowest BCUT2D eigenvalue weighted by Crippen LogP contribution is -2.15. The normalized spacial score (nSPS) is 11.0. The van der Waals surface area contributed by atoms with Crippen LogP contribution >= 0.6 is 0 Å². The summed E-state index contributed by atoms with van der Waals surface area (Å²) >= 11 is 0. The van der Waals surface area contributed by atoms with Crippen molar-refractivity contribution in [3.8, 4) is 23.0 Å². The Morgan fingerprint density at radius 1 is 0.882 bits per heavy atom. The Hall–Kier alpha value is -4.38. The molecule has 11 heteroatoms. The first-order valence-corrected chi connectivity index (χ1v) is 11.4. The van der Waals surface area contributed by atoms with Crippen molar-refractivity contribution >= 4 is 27.6 Å². The van der Waals surface area contributed by atoms with Crippen LogP contribution in [0.5, 0.6) is 11.5 Å². The molecule has 0 aliphatic carbocycles. The summed E-state index contributed by atoms with van der Waals surface area (Å²) in [5, 5.41) is 10.3. The van der Waals surface area contributed by atoms with Crippen molar-refractivity contribution < 1.29 is 27.1 Å². The Balaban J connectivity index is 1.47. The SMILES string of the molecule is COc1ccc(S(=O)(=O)Nc2cccc(C(=O)Nc3nnc(-c4cccc(OC)c4)o3)c2)cc1. The smallest absolute Gasteiger partial charge is 0.322 e. The van der Waals surface area contributed by atoms with Crippen molar-refractivity contribution in [3.63, 3.8) is 0 Å². The molecular weight excluding hydrogens is 460 g/mol. The van der Waals surface area contributed by atoms with Gasteiger partial charge >= 0.3 is 6.01 Å². The van der Waals surface area contributed by atoms with Gasteiger partial charge in [-0.2, -0.15) is 0 Å². The molecule has 10 nitrogen and oxygen atoms in total. The second-order valence-electron chi connectivity index (χ2n) is 6.96. The van der Waals surface area contributed by atoms with Crippen molar-refractivity contribution in [2.24, 2.45) is 0 Å². The summed E-state index contributed by atoms with van der Waals surface area (Å²) in [4.78, 5) is 12.7. The van der Waals surface area contributed by atoms with E-state index in [1.165, 1.54) is 37.4 Å². The lowest BCUT2D eigenvalue weighted by Gasteiger charge is -2.10. The lowest BCUT2D eigenvalue weighted by atomic mass is 10.2. The maximum atomic E-state index is 12.7. The van der Waals surface area contributed by atoms with Crippen LogP contribution in [0.3, 0.4) is 0 Å². The summed E-state index contributed by atoms with van der Waals surface area (Å²) < 4.78 is 43.5. The zero-order chi connectivity index (χ0) is 24.1. The highest BCUT2D eigenvalue weighted by atomic mass is 32.2. The molecule has 1 amide bonds. The number of ether oxygens (including phenoxy) is 2. The Bertz CT molecular complexity index is 1420. The number of carbonyl (C=O) groups is 1. The lowest BCUT2D eigenvalue weighted by molar-refractivity contribution is 0.102. The first kappa shape index (κ1) is 22.8. The quantitative estimate of drug-likeness (QED) is 0.389. The molecule has 0 aliphatic heterocycles. The minimum Gasteiger partial charge on any atom is -0.497 e. The van der Waals surface area contributed by atoms with E-state index in [1.54, 1.807) is 49.6 Å². The molecule has 2 N–H and O–H groups in total. The molecule has 0 saturated heterocycles. The van der Waals surface area contributed by atoms with Gasteiger partial charge in [0.25, 0.3) is 15.9 Å². The summed E-state index contributed by atoms with van der Waals surface area (Å²) in [5.74, 6) is 0.810. The maximum absolute atomic E-state index is 12.7. The molecule has 1 heterocycles. The van der Waals surface area contributed by atoms with Gasteiger partial charge in [-0.15, -0.1) is 5.10 Å². The maximum Gasteiger partial charge on any atom is 0.322 e. The number of aromatic nitrogens is 2. The largest absolute Gasteiger partial charge is 0.497 e. The molecule has 0 aliphatic rings. The van der Waals surface area contributed by atoms with Crippen molar-refractivity contribution in [2.45, 2.75) is 4.90 Å². The van der Waals surface area contributed by atoms with E-state index >= 15 is 0 Å². The molecule has 0 unspecified atom stereocenters. The van der Waals surface area contributed by atoms with Crippen LogP contribution in [0.25, 0.3) is 11.5 Å². The van der Waals surface area contributed by atoms with Gasteiger partial charge in [0.2, 0.25) is 5.89 Å². The van der Waals surface area contributed by atoms with Crippen LogP contribution in [-0.2, 0) is 10.0 Å². The highest BCUT2D eigenvalue weighted by molar-refractivity contribution is 7.92. The van der Waals surface area contributed by atoms with E-state index < -0.39 is 15.9 Å². The van der Waals surface area contributed by atoms with Crippen molar-refractivity contribution in [2.75, 3.05) is 24.3 Å². The summed E-state index contributed by atoms with van der Waals surface area (Å²) in [6.07, 6.45) is 0. The van der Waals surface area contributed by atoms with Crippen LogP contribution in [0, 0.1) is 0 Å². The molecule has 0 fully saturated rings. The van der Waals surface area contributed by atoms with Gasteiger partial charge in [0.1, 0.15) is 11.5 Å². The monoisotopic (exact) mass is 480 g/mol. The number of amides is 1. The highest BCUT2D eigenvalue weighted by Gasteiger charge is 2.17. The molecule has 4 rings (SSSR count). The van der Waals surface area contributed by atoms with E-state index in [1.807, 2.05) is 0 Å². The molecule has 0 bridgehead atoms. The zero-order valence-electron chi connectivity index (χ0n) is 18.2. The highest BCUT2D eigenvalue weighted by Crippen LogP contribution is 2.24. The molecule has 174 valence electrons. The number of nitrogens with one attached hydrogen (secondary N) is 2. The predicted octanol–water partition coefficient (Wildman–Crippen LogP) is 3.81. The summed E-state index contributed by atoms with van der Waals surface area (Å²) in [7, 11) is -0.823. The van der Waals surface area contributed by atoms with Crippen molar-refractivity contribution in [1.82, 2.24) is 10.2 Å². The van der Waals surface area contributed by atoms with Crippen LogP contribution < -0.4 is 19.5 Å². The topological polar surface area (TPSA) is 133 Å². The fourth-order valence-electron chi connectivity index (χ4n) is 3.01. The van der Waals surface area contributed by atoms with Crippen LogP contribution in [0.2, 0.25) is 0 Å². The minimum absolute atomic E-state index is 0.0547. The number of hydrogen-bond acceptors (Lipinski definition) is 8. The molecule has 4 aromatic rings. The average Bonchev–Trinajstić information content (AvgIpc) is 3.32. The number of sulfonamides is 1. The standard InChI is InChI=1S/C23H20N4O6S/c1-31-18-9-11-20(12-10-18)34(29,30)27-17-7-3-5-15(13-17)21(28)24-23-26-25-22(33-23)16-6-4-8-19(14-16)32-2/h3-14,27H,1-2H3,(H,24,26,28). The summed E-state index contributed by atoms with van der Waals surface area (Å²) in [5.41, 5.74) is 1.03. The number of rotatable bonds is 8. The van der Waals surface area contributed by atoms with E-state index in [0.717, 1.165) is 0 Å². The number of nitrogens with zero attached hydrogens (tertiary/aromatic N) is 2. The van der Waals surface area contributed by atoms with E-state index in [0.29, 0.717) is 17.1 Å². The second kappa shape index (κ2) is 9.63. The Labute approximate surface area is 195 Å². The van der Waals surface area contributed by atoms with Crippen LogP contribution in [0.15, 0.2) is 82.1 Å². The van der Waals surface area contributed by atoms with Crippen molar-refractivity contribution in [3.05, 3.63) is 78.4 Å². The third-order valence-electron chi connectivity index (χ3n) is 4.71. The third kappa shape index (κ3) is 5.15. The average molecular weight is 481 g/mol.